The molecule has 2 aliphatic heterocycles. The number of rotatable bonds is 6. The fourth-order valence-electron chi connectivity index (χ4n) is 6.18. The molecule has 1 amide bonds. The number of aromatic nitrogens is 6. The fraction of sp³-hybridized carbons (Fsp3) is 0.577. The van der Waals surface area contributed by atoms with Gasteiger partial charge < -0.3 is 9.88 Å². The van der Waals surface area contributed by atoms with Crippen molar-refractivity contribution in [2.75, 3.05) is 39.3 Å². The second-order valence-electron chi connectivity index (χ2n) is 10.4. The van der Waals surface area contributed by atoms with Gasteiger partial charge in [0.05, 0.1) is 18.4 Å². The van der Waals surface area contributed by atoms with Gasteiger partial charge in [-0.05, 0) is 54.6 Å². The van der Waals surface area contributed by atoms with Crippen LogP contribution in [0, 0.1) is 0 Å². The summed E-state index contributed by atoms with van der Waals surface area (Å²) in [7, 11) is 0. The van der Waals surface area contributed by atoms with Crippen molar-refractivity contribution in [2.24, 2.45) is 0 Å². The van der Waals surface area contributed by atoms with Crippen LogP contribution in [-0.2, 0) is 12.1 Å². The first-order valence-electron chi connectivity index (χ1n) is 13.3. The van der Waals surface area contributed by atoms with Gasteiger partial charge in [-0.2, -0.15) is 0 Å². The number of benzene rings is 1. The number of aromatic amines is 1. The van der Waals surface area contributed by atoms with Crippen LogP contribution in [0.5, 0.6) is 0 Å². The molecule has 0 atom stereocenters. The first-order valence-corrected chi connectivity index (χ1v) is 13.3. The van der Waals surface area contributed by atoms with Crippen LogP contribution in [0.25, 0.3) is 0 Å². The molecule has 10 nitrogen and oxygen atoms in total. The minimum absolute atomic E-state index is 0.0132. The lowest BCUT2D eigenvalue weighted by Crippen LogP contribution is -2.56. The minimum atomic E-state index is -0.295. The first kappa shape index (κ1) is 23.3. The normalized spacial score (nSPS) is 21.7. The predicted molar refractivity (Wildman–Crippen MR) is 134 cm³/mol. The maximum atomic E-state index is 13.0. The number of nitrogens with one attached hydrogen (secondary N) is 1. The summed E-state index contributed by atoms with van der Waals surface area (Å²) in [5.74, 6) is 0.913. The van der Waals surface area contributed by atoms with Crippen LogP contribution in [0.1, 0.15) is 60.4 Å². The van der Waals surface area contributed by atoms with Crippen molar-refractivity contribution in [2.45, 2.75) is 56.7 Å². The highest BCUT2D eigenvalue weighted by molar-refractivity contribution is 5.92. The molecule has 6 rings (SSSR count). The third kappa shape index (κ3) is 4.43. The molecule has 0 radical (unpaired) electrons. The summed E-state index contributed by atoms with van der Waals surface area (Å²) < 4.78 is 1.98. The molecule has 36 heavy (non-hydrogen) atoms. The highest BCUT2D eigenvalue weighted by atomic mass is 16.2. The molecule has 3 fully saturated rings. The zero-order chi connectivity index (χ0) is 24.4. The van der Waals surface area contributed by atoms with E-state index in [9.17, 15) is 4.79 Å². The molecule has 1 aliphatic carbocycles. The van der Waals surface area contributed by atoms with Gasteiger partial charge in [-0.3, -0.25) is 14.6 Å². The molecule has 0 unspecified atom stereocenters. The number of piperidine rings is 1. The van der Waals surface area contributed by atoms with E-state index in [2.05, 4.69) is 59.6 Å². The number of H-pyrrole nitrogens is 1. The van der Waals surface area contributed by atoms with Crippen molar-refractivity contribution in [3.8, 4) is 0 Å². The van der Waals surface area contributed by atoms with Crippen LogP contribution in [0.2, 0.25) is 0 Å². The van der Waals surface area contributed by atoms with E-state index >= 15 is 0 Å². The summed E-state index contributed by atoms with van der Waals surface area (Å²) in [4.78, 5) is 27.4. The van der Waals surface area contributed by atoms with E-state index in [0.29, 0.717) is 25.3 Å². The number of carbonyl (C=O) groups excluding carboxylic acids is 1. The van der Waals surface area contributed by atoms with Crippen LogP contribution >= 0.6 is 0 Å². The van der Waals surface area contributed by atoms with Crippen molar-refractivity contribution in [3.63, 3.8) is 0 Å². The second kappa shape index (κ2) is 10.1. The summed E-state index contributed by atoms with van der Waals surface area (Å²) in [5, 5.41) is 13.2. The van der Waals surface area contributed by atoms with Gasteiger partial charge in [-0.1, -0.05) is 36.8 Å². The Labute approximate surface area is 211 Å². The fourth-order valence-corrected chi connectivity index (χ4v) is 6.18. The lowest BCUT2D eigenvalue weighted by atomic mass is 9.84. The first-order chi connectivity index (χ1) is 17.7. The third-order valence-corrected chi connectivity index (χ3v) is 8.45. The number of hydrogen-bond acceptors (Lipinski definition) is 7. The zero-order valence-corrected chi connectivity index (χ0v) is 20.8. The standard InChI is InChI=1S/C26H35N9O/c36-24(23-18-27-20-28-23)33-14-10-26(11-15-33,34-13-5-12-32(16-17-34)22-8-4-9-22)25-29-30-31-35(25)19-21-6-2-1-3-7-21/h1-3,6-7,18,20,22H,4-5,8-17,19H2,(H,27,28). The van der Waals surface area contributed by atoms with Gasteiger partial charge >= 0.3 is 0 Å². The number of nitrogens with zero attached hydrogens (tertiary/aromatic N) is 8. The molecule has 1 N–H and O–H groups in total. The molecule has 4 heterocycles. The molecule has 10 heteroatoms. The molecule has 3 aliphatic rings. The van der Waals surface area contributed by atoms with E-state index in [-0.39, 0.29) is 11.4 Å². The highest BCUT2D eigenvalue weighted by Gasteiger charge is 2.47. The molecular weight excluding hydrogens is 454 g/mol. The molecule has 1 saturated carbocycles. The maximum Gasteiger partial charge on any atom is 0.274 e. The number of tetrazole rings is 1. The van der Waals surface area contributed by atoms with Crippen LogP contribution in [0.4, 0.5) is 0 Å². The quantitative estimate of drug-likeness (QED) is 0.566. The summed E-state index contributed by atoms with van der Waals surface area (Å²) in [6.07, 6.45) is 10.0. The molecule has 3 aromatic rings. The lowest BCUT2D eigenvalue weighted by molar-refractivity contribution is 0.00897. The summed E-state index contributed by atoms with van der Waals surface area (Å²) >= 11 is 0. The van der Waals surface area contributed by atoms with Crippen molar-refractivity contribution >= 4 is 5.91 Å². The largest absolute Gasteiger partial charge is 0.350 e. The molecule has 2 aromatic heterocycles. The number of imidazole rings is 1. The summed E-state index contributed by atoms with van der Waals surface area (Å²) in [6, 6.07) is 11.1. The Bertz CT molecular complexity index is 1130. The van der Waals surface area contributed by atoms with Crippen molar-refractivity contribution in [1.29, 1.82) is 0 Å². The molecular formula is C26H35N9O. The van der Waals surface area contributed by atoms with E-state index in [4.69, 9.17) is 0 Å². The number of hydrogen-bond donors (Lipinski definition) is 1. The zero-order valence-electron chi connectivity index (χ0n) is 20.8. The minimum Gasteiger partial charge on any atom is -0.350 e. The van der Waals surface area contributed by atoms with Gasteiger partial charge in [0.1, 0.15) is 5.69 Å². The Morgan fingerprint density at radius 2 is 1.83 bits per heavy atom. The maximum absolute atomic E-state index is 13.0. The smallest absolute Gasteiger partial charge is 0.274 e. The van der Waals surface area contributed by atoms with Gasteiger partial charge in [0.2, 0.25) is 0 Å². The number of carbonyl (C=O) groups is 1. The van der Waals surface area contributed by atoms with E-state index in [1.165, 1.54) is 24.8 Å². The average Bonchev–Trinajstić information content (AvgIpc) is 3.53. The second-order valence-corrected chi connectivity index (χ2v) is 10.4. The van der Waals surface area contributed by atoms with E-state index < -0.39 is 0 Å². The van der Waals surface area contributed by atoms with Crippen LogP contribution < -0.4 is 0 Å². The lowest BCUT2D eigenvalue weighted by Gasteiger charge is -2.47. The van der Waals surface area contributed by atoms with Crippen LogP contribution in [0.15, 0.2) is 42.9 Å². The van der Waals surface area contributed by atoms with Gasteiger partial charge in [0.25, 0.3) is 5.91 Å². The Morgan fingerprint density at radius 1 is 1.00 bits per heavy atom. The van der Waals surface area contributed by atoms with Crippen molar-refractivity contribution in [1.82, 2.24) is 44.9 Å². The summed E-state index contributed by atoms with van der Waals surface area (Å²) in [5.41, 5.74) is 1.36. The van der Waals surface area contributed by atoms with Gasteiger partial charge in [-0.15, -0.1) is 5.10 Å². The SMILES string of the molecule is O=C(c1c[nH]cn1)N1CCC(c2nnnn2Cc2ccccc2)(N2CCCN(C3CCC3)CC2)CC1. The van der Waals surface area contributed by atoms with Crippen molar-refractivity contribution < 1.29 is 4.79 Å². The Morgan fingerprint density at radius 3 is 2.56 bits per heavy atom. The molecule has 1 aromatic carbocycles. The van der Waals surface area contributed by atoms with Crippen LogP contribution in [0.3, 0.4) is 0 Å². The predicted octanol–water partition coefficient (Wildman–Crippen LogP) is 2.14. The Balaban J connectivity index is 1.27. The summed E-state index contributed by atoms with van der Waals surface area (Å²) in [6.45, 7) is 6.23. The molecule has 190 valence electrons. The molecule has 0 spiro atoms. The van der Waals surface area contributed by atoms with Crippen molar-refractivity contribution in [3.05, 3.63) is 59.9 Å². The Kier molecular flexibility index (Phi) is 6.54. The average molecular weight is 490 g/mol. The molecule has 2 saturated heterocycles. The topological polar surface area (TPSA) is 99.1 Å². The third-order valence-electron chi connectivity index (χ3n) is 8.45. The molecule has 0 bridgehead atoms. The van der Waals surface area contributed by atoms with Gasteiger partial charge in [-0.25, -0.2) is 9.67 Å². The van der Waals surface area contributed by atoms with E-state index in [1.54, 1.807) is 12.5 Å². The van der Waals surface area contributed by atoms with Crippen LogP contribution in [-0.4, -0.2) is 96.1 Å². The Hall–Kier alpha value is -3.11. The monoisotopic (exact) mass is 489 g/mol. The van der Waals surface area contributed by atoms with E-state index in [1.807, 2.05) is 15.6 Å². The van der Waals surface area contributed by atoms with Gasteiger partial charge in [0.15, 0.2) is 5.82 Å². The van der Waals surface area contributed by atoms with Gasteiger partial charge in [0, 0.05) is 45.0 Å². The number of likely N-dealkylation sites (tertiary alicyclic amines) is 1. The highest BCUT2D eigenvalue weighted by Crippen LogP contribution is 2.39. The van der Waals surface area contributed by atoms with E-state index in [0.717, 1.165) is 57.3 Å². The number of amides is 1.